The molecule has 0 radical (unpaired) electrons. The second-order valence-corrected chi connectivity index (χ2v) is 11.0. The highest BCUT2D eigenvalue weighted by Crippen LogP contribution is 2.32. The first kappa shape index (κ1) is 30.7. The average Bonchev–Trinajstić information content (AvgIpc) is 2.79. The lowest BCUT2D eigenvalue weighted by Crippen LogP contribution is -2.54. The first-order chi connectivity index (χ1) is 17.7. The van der Waals surface area contributed by atoms with Crippen molar-refractivity contribution >= 4 is 35.2 Å². The Morgan fingerprint density at radius 2 is 1.58 bits per heavy atom. The van der Waals surface area contributed by atoms with Crippen LogP contribution in [0.25, 0.3) is 0 Å². The molecule has 204 valence electrons. The Morgan fingerprint density at radius 1 is 1.03 bits per heavy atom. The summed E-state index contributed by atoms with van der Waals surface area (Å²) >= 11 is 6.38. The molecule has 2 unspecified atom stereocenters. The SMILES string of the molecule is Cc1cccc(Cl)c1NC(=O)C(c1c(C)cccc1C)N(CC#N)C(=O)C(NC(=O)OC(C)(C)C)C(C)C. The Balaban J connectivity index is 2.62. The fourth-order valence-corrected chi connectivity index (χ4v) is 4.44. The van der Waals surface area contributed by atoms with Gasteiger partial charge in [0, 0.05) is 0 Å². The van der Waals surface area contributed by atoms with Crippen LogP contribution in [0.1, 0.15) is 62.9 Å². The number of nitrogens with one attached hydrogen (secondary N) is 2. The van der Waals surface area contributed by atoms with Crippen molar-refractivity contribution in [1.29, 1.82) is 5.26 Å². The lowest BCUT2D eigenvalue weighted by Gasteiger charge is -2.35. The van der Waals surface area contributed by atoms with Gasteiger partial charge < -0.3 is 20.3 Å². The van der Waals surface area contributed by atoms with Gasteiger partial charge in [0.25, 0.3) is 5.91 Å². The number of para-hydroxylation sites is 1. The van der Waals surface area contributed by atoms with Crippen LogP contribution < -0.4 is 10.6 Å². The number of rotatable bonds is 8. The molecule has 0 aliphatic rings. The van der Waals surface area contributed by atoms with Crippen molar-refractivity contribution in [1.82, 2.24) is 10.2 Å². The third-order valence-corrected chi connectivity index (χ3v) is 6.29. The maximum absolute atomic E-state index is 14.0. The predicted molar refractivity (Wildman–Crippen MR) is 149 cm³/mol. The molecular formula is C29H37ClN4O4. The molecule has 8 nitrogen and oxygen atoms in total. The van der Waals surface area contributed by atoms with Gasteiger partial charge in [-0.05, 0) is 75.8 Å². The smallest absolute Gasteiger partial charge is 0.408 e. The standard InChI is InChI=1S/C29H37ClN4O4/c1-17(2)23(33-28(37)38-29(6,7)8)27(36)34(16-15-31)25(22-18(3)11-9-12-19(22)4)26(35)32-24-20(5)13-10-14-21(24)30/h9-14,17,23,25H,16H2,1-8H3,(H,32,35)(H,33,37). The fourth-order valence-electron chi connectivity index (χ4n) is 4.17. The number of anilines is 1. The predicted octanol–water partition coefficient (Wildman–Crippen LogP) is 5.85. The van der Waals surface area contributed by atoms with Crippen molar-refractivity contribution in [3.8, 4) is 6.07 Å². The van der Waals surface area contributed by atoms with E-state index in [1.54, 1.807) is 46.8 Å². The van der Waals surface area contributed by atoms with Gasteiger partial charge in [-0.15, -0.1) is 0 Å². The van der Waals surface area contributed by atoms with Gasteiger partial charge in [-0.25, -0.2) is 4.79 Å². The highest BCUT2D eigenvalue weighted by atomic mass is 35.5. The second kappa shape index (κ2) is 12.8. The van der Waals surface area contributed by atoms with E-state index in [9.17, 15) is 19.6 Å². The molecule has 2 aromatic rings. The van der Waals surface area contributed by atoms with Crippen molar-refractivity contribution in [3.63, 3.8) is 0 Å². The summed E-state index contributed by atoms with van der Waals surface area (Å²) in [6.07, 6.45) is -0.763. The highest BCUT2D eigenvalue weighted by molar-refractivity contribution is 6.34. The van der Waals surface area contributed by atoms with Gasteiger partial charge in [0.15, 0.2) is 0 Å². The van der Waals surface area contributed by atoms with E-state index < -0.39 is 35.6 Å². The Bertz CT molecular complexity index is 1190. The number of hydrogen-bond donors (Lipinski definition) is 2. The molecule has 0 saturated heterocycles. The summed E-state index contributed by atoms with van der Waals surface area (Å²) in [4.78, 5) is 41.8. The van der Waals surface area contributed by atoms with E-state index in [1.165, 1.54) is 4.90 Å². The summed E-state index contributed by atoms with van der Waals surface area (Å²) in [7, 11) is 0. The first-order valence-electron chi connectivity index (χ1n) is 12.5. The largest absolute Gasteiger partial charge is 0.444 e. The molecular weight excluding hydrogens is 504 g/mol. The lowest BCUT2D eigenvalue weighted by molar-refractivity contribution is -0.141. The zero-order valence-corrected chi connectivity index (χ0v) is 24.1. The topological polar surface area (TPSA) is 112 Å². The Kier molecular flexibility index (Phi) is 10.3. The van der Waals surface area contributed by atoms with Crippen molar-refractivity contribution in [2.75, 3.05) is 11.9 Å². The number of benzene rings is 2. The van der Waals surface area contributed by atoms with Crippen molar-refractivity contribution in [2.24, 2.45) is 5.92 Å². The van der Waals surface area contributed by atoms with Gasteiger partial charge in [0.2, 0.25) is 5.91 Å². The van der Waals surface area contributed by atoms with Crippen molar-refractivity contribution < 1.29 is 19.1 Å². The molecule has 0 spiro atoms. The molecule has 0 bridgehead atoms. The maximum atomic E-state index is 14.0. The number of nitrogens with zero attached hydrogens (tertiary/aromatic N) is 2. The molecule has 38 heavy (non-hydrogen) atoms. The number of nitriles is 1. The third-order valence-electron chi connectivity index (χ3n) is 5.97. The minimum Gasteiger partial charge on any atom is -0.444 e. The molecule has 0 fully saturated rings. The van der Waals surface area contributed by atoms with Crippen LogP contribution >= 0.6 is 11.6 Å². The molecule has 3 amide bonds. The van der Waals surface area contributed by atoms with Crippen LogP contribution in [0.15, 0.2) is 36.4 Å². The Labute approximate surface area is 230 Å². The summed E-state index contributed by atoms with van der Waals surface area (Å²) in [5.74, 6) is -1.46. The van der Waals surface area contributed by atoms with Crippen LogP contribution in [0.4, 0.5) is 10.5 Å². The molecule has 2 N–H and O–H groups in total. The van der Waals surface area contributed by atoms with Gasteiger partial charge in [-0.2, -0.15) is 5.26 Å². The molecule has 2 aromatic carbocycles. The van der Waals surface area contributed by atoms with Crippen LogP contribution in [0.5, 0.6) is 0 Å². The van der Waals surface area contributed by atoms with Crippen LogP contribution in [0.3, 0.4) is 0 Å². The summed E-state index contributed by atoms with van der Waals surface area (Å²) in [5, 5.41) is 15.6. The van der Waals surface area contributed by atoms with Crippen LogP contribution in [0, 0.1) is 38.0 Å². The molecule has 2 atom stereocenters. The zero-order valence-electron chi connectivity index (χ0n) is 23.3. The fraction of sp³-hybridized carbons (Fsp3) is 0.448. The summed E-state index contributed by atoms with van der Waals surface area (Å²) in [5.41, 5.74) is 2.55. The van der Waals surface area contributed by atoms with Gasteiger partial charge in [-0.3, -0.25) is 9.59 Å². The number of carbonyl (C=O) groups is 3. The van der Waals surface area contributed by atoms with Gasteiger partial charge in [0.05, 0.1) is 16.8 Å². The minimum atomic E-state index is -1.17. The van der Waals surface area contributed by atoms with E-state index in [-0.39, 0.29) is 12.5 Å². The maximum Gasteiger partial charge on any atom is 0.408 e. The number of amides is 3. The number of ether oxygens (including phenoxy) is 1. The number of carbonyl (C=O) groups excluding carboxylic acids is 3. The van der Waals surface area contributed by atoms with Crippen LogP contribution in [-0.4, -0.2) is 41.0 Å². The zero-order chi connectivity index (χ0) is 28.8. The Morgan fingerprint density at radius 3 is 2.08 bits per heavy atom. The van der Waals surface area contributed by atoms with Crippen LogP contribution in [-0.2, 0) is 14.3 Å². The van der Waals surface area contributed by atoms with Crippen LogP contribution in [0.2, 0.25) is 5.02 Å². The molecule has 0 aliphatic carbocycles. The molecule has 0 aromatic heterocycles. The van der Waals surface area contributed by atoms with Crippen molar-refractivity contribution in [3.05, 3.63) is 63.7 Å². The molecule has 0 heterocycles. The average molecular weight is 541 g/mol. The van der Waals surface area contributed by atoms with E-state index in [0.29, 0.717) is 16.3 Å². The summed E-state index contributed by atoms with van der Waals surface area (Å²) in [6.45, 7) is 13.8. The monoisotopic (exact) mass is 540 g/mol. The highest BCUT2D eigenvalue weighted by Gasteiger charge is 2.39. The Hall–Kier alpha value is -3.57. The molecule has 0 aliphatic heterocycles. The summed E-state index contributed by atoms with van der Waals surface area (Å²) < 4.78 is 5.36. The third kappa shape index (κ3) is 7.72. The molecule has 2 rings (SSSR count). The van der Waals surface area contributed by atoms with Crippen molar-refractivity contribution in [2.45, 2.75) is 73.1 Å². The number of aryl methyl sites for hydroxylation is 3. The van der Waals surface area contributed by atoms with E-state index in [4.69, 9.17) is 16.3 Å². The molecule has 0 saturated carbocycles. The normalized spacial score (nSPS) is 12.8. The lowest BCUT2D eigenvalue weighted by atomic mass is 9.92. The van der Waals surface area contributed by atoms with E-state index in [1.807, 2.05) is 51.1 Å². The number of halogens is 1. The van der Waals surface area contributed by atoms with Gasteiger partial charge in [-0.1, -0.05) is 55.8 Å². The van der Waals surface area contributed by atoms with E-state index in [2.05, 4.69) is 10.6 Å². The van der Waals surface area contributed by atoms with E-state index in [0.717, 1.165) is 16.7 Å². The quantitative estimate of drug-likeness (QED) is 0.408. The number of hydrogen-bond acceptors (Lipinski definition) is 5. The first-order valence-corrected chi connectivity index (χ1v) is 12.8. The van der Waals surface area contributed by atoms with Gasteiger partial charge in [0.1, 0.15) is 24.2 Å². The number of alkyl carbamates (subject to hydrolysis) is 1. The van der Waals surface area contributed by atoms with E-state index >= 15 is 0 Å². The van der Waals surface area contributed by atoms with Gasteiger partial charge >= 0.3 is 6.09 Å². The minimum absolute atomic E-state index is 0.350. The molecule has 9 heteroatoms. The summed E-state index contributed by atoms with van der Waals surface area (Å²) in [6, 6.07) is 10.6. The second-order valence-electron chi connectivity index (χ2n) is 10.6.